The standard InChI is InChI=1S/C15H13NO8S/c17-14-9-11(3-6-13(14)15(18)19)24-7-8-25(22,23)12-4-1-10(2-5-12)16(20)21/h1-6,9,17H,7-8H2,(H,18,19). The topological polar surface area (TPSA) is 144 Å². The number of aromatic carboxylic acids is 1. The molecule has 0 atom stereocenters. The zero-order valence-corrected chi connectivity index (χ0v) is 13.5. The van der Waals surface area contributed by atoms with Gasteiger partial charge in [0, 0.05) is 18.2 Å². The molecular formula is C15H13NO8S. The molecule has 2 N–H and O–H groups in total. The Morgan fingerprint density at radius 1 is 1.16 bits per heavy atom. The van der Waals surface area contributed by atoms with Gasteiger partial charge in [0.15, 0.2) is 9.84 Å². The Morgan fingerprint density at radius 2 is 1.80 bits per heavy atom. The van der Waals surface area contributed by atoms with Gasteiger partial charge in [0.05, 0.1) is 15.6 Å². The van der Waals surface area contributed by atoms with Crippen molar-refractivity contribution in [1.29, 1.82) is 0 Å². The number of phenols is 1. The predicted molar refractivity (Wildman–Crippen MR) is 85.7 cm³/mol. The van der Waals surface area contributed by atoms with E-state index in [9.17, 15) is 28.4 Å². The highest BCUT2D eigenvalue weighted by molar-refractivity contribution is 7.91. The molecular weight excluding hydrogens is 354 g/mol. The van der Waals surface area contributed by atoms with E-state index in [4.69, 9.17) is 9.84 Å². The van der Waals surface area contributed by atoms with Crippen molar-refractivity contribution in [3.05, 3.63) is 58.1 Å². The first-order valence-electron chi connectivity index (χ1n) is 6.87. The van der Waals surface area contributed by atoms with Gasteiger partial charge in [-0.1, -0.05) is 0 Å². The van der Waals surface area contributed by atoms with Crippen LogP contribution in [0.1, 0.15) is 10.4 Å². The number of nitrogens with zero attached hydrogens (tertiary/aromatic N) is 1. The van der Waals surface area contributed by atoms with Crippen LogP contribution in [0.4, 0.5) is 5.69 Å². The number of carbonyl (C=O) groups is 1. The summed E-state index contributed by atoms with van der Waals surface area (Å²) in [6.07, 6.45) is 0. The van der Waals surface area contributed by atoms with E-state index in [0.29, 0.717) is 0 Å². The van der Waals surface area contributed by atoms with Crippen molar-refractivity contribution in [2.45, 2.75) is 4.90 Å². The van der Waals surface area contributed by atoms with Crippen LogP contribution in [0.2, 0.25) is 0 Å². The first-order valence-corrected chi connectivity index (χ1v) is 8.52. The van der Waals surface area contributed by atoms with Crippen LogP contribution in [0.15, 0.2) is 47.4 Å². The number of rotatable bonds is 7. The maximum Gasteiger partial charge on any atom is 0.339 e. The Labute approximate surface area is 142 Å². The van der Waals surface area contributed by atoms with Crippen molar-refractivity contribution in [3.8, 4) is 11.5 Å². The summed E-state index contributed by atoms with van der Waals surface area (Å²) in [5.74, 6) is -2.08. The van der Waals surface area contributed by atoms with E-state index in [0.717, 1.165) is 36.4 Å². The maximum atomic E-state index is 12.1. The molecule has 0 aromatic heterocycles. The zero-order chi connectivity index (χ0) is 18.6. The fraction of sp³-hybridized carbons (Fsp3) is 0.133. The molecule has 2 aromatic carbocycles. The van der Waals surface area contributed by atoms with Gasteiger partial charge in [-0.2, -0.15) is 0 Å². The van der Waals surface area contributed by atoms with E-state index in [2.05, 4.69) is 0 Å². The van der Waals surface area contributed by atoms with Gasteiger partial charge in [-0.25, -0.2) is 13.2 Å². The van der Waals surface area contributed by atoms with Gasteiger partial charge >= 0.3 is 5.97 Å². The fourth-order valence-corrected chi connectivity index (χ4v) is 3.03. The summed E-state index contributed by atoms with van der Waals surface area (Å²) in [5.41, 5.74) is -0.518. The lowest BCUT2D eigenvalue weighted by Crippen LogP contribution is -2.14. The average molecular weight is 367 g/mol. The smallest absolute Gasteiger partial charge is 0.339 e. The van der Waals surface area contributed by atoms with Crippen molar-refractivity contribution < 1.29 is 33.1 Å². The minimum Gasteiger partial charge on any atom is -0.507 e. The number of benzene rings is 2. The second-order valence-corrected chi connectivity index (χ2v) is 7.01. The van der Waals surface area contributed by atoms with Crippen LogP contribution in [0.25, 0.3) is 0 Å². The number of carboxylic acid groups (broad SMARTS) is 1. The summed E-state index contributed by atoms with van der Waals surface area (Å²) in [6, 6.07) is 7.97. The van der Waals surface area contributed by atoms with E-state index in [-0.39, 0.29) is 28.5 Å². The van der Waals surface area contributed by atoms with Crippen LogP contribution in [-0.2, 0) is 9.84 Å². The van der Waals surface area contributed by atoms with E-state index < -0.39 is 32.2 Å². The summed E-state index contributed by atoms with van der Waals surface area (Å²) in [7, 11) is -3.71. The van der Waals surface area contributed by atoms with Crippen molar-refractivity contribution in [3.63, 3.8) is 0 Å². The molecule has 2 aromatic rings. The third-order valence-corrected chi connectivity index (χ3v) is 4.92. The molecule has 0 unspecified atom stereocenters. The van der Waals surface area contributed by atoms with Gasteiger partial charge in [0.1, 0.15) is 23.7 Å². The lowest BCUT2D eigenvalue weighted by atomic mass is 10.2. The molecule has 132 valence electrons. The molecule has 0 heterocycles. The minimum absolute atomic E-state index is 0.0780. The van der Waals surface area contributed by atoms with E-state index in [1.54, 1.807) is 0 Å². The number of sulfone groups is 1. The number of nitro benzene ring substituents is 1. The van der Waals surface area contributed by atoms with Gasteiger partial charge in [0.2, 0.25) is 0 Å². The summed E-state index contributed by atoms with van der Waals surface area (Å²) in [4.78, 5) is 20.6. The number of aromatic hydroxyl groups is 1. The second-order valence-electron chi connectivity index (χ2n) is 4.90. The molecule has 25 heavy (non-hydrogen) atoms. The molecule has 0 aliphatic heterocycles. The Morgan fingerprint density at radius 3 is 2.32 bits per heavy atom. The number of hydrogen-bond donors (Lipinski definition) is 2. The van der Waals surface area contributed by atoms with Gasteiger partial charge in [-0.05, 0) is 24.3 Å². The van der Waals surface area contributed by atoms with Crippen LogP contribution in [-0.4, -0.2) is 41.9 Å². The number of carboxylic acids is 1. The highest BCUT2D eigenvalue weighted by Crippen LogP contribution is 2.24. The Kier molecular flexibility index (Phi) is 5.22. The third-order valence-electron chi connectivity index (χ3n) is 3.23. The molecule has 0 spiro atoms. The monoisotopic (exact) mass is 367 g/mol. The lowest BCUT2D eigenvalue weighted by molar-refractivity contribution is -0.384. The minimum atomic E-state index is -3.71. The Balaban J connectivity index is 2.01. The highest BCUT2D eigenvalue weighted by Gasteiger charge is 2.17. The number of hydrogen-bond acceptors (Lipinski definition) is 7. The molecule has 0 fully saturated rings. The molecule has 0 amide bonds. The van der Waals surface area contributed by atoms with Crippen molar-refractivity contribution in [2.75, 3.05) is 12.4 Å². The molecule has 0 saturated carbocycles. The van der Waals surface area contributed by atoms with E-state index in [1.165, 1.54) is 6.07 Å². The summed E-state index contributed by atoms with van der Waals surface area (Å²) < 4.78 is 29.5. The van der Waals surface area contributed by atoms with E-state index >= 15 is 0 Å². The van der Waals surface area contributed by atoms with Gasteiger partial charge < -0.3 is 14.9 Å². The van der Waals surface area contributed by atoms with Gasteiger partial charge in [0.25, 0.3) is 5.69 Å². The molecule has 10 heteroatoms. The van der Waals surface area contributed by atoms with Crippen molar-refractivity contribution in [2.24, 2.45) is 0 Å². The van der Waals surface area contributed by atoms with Crippen LogP contribution in [0.5, 0.6) is 11.5 Å². The van der Waals surface area contributed by atoms with Crippen LogP contribution >= 0.6 is 0 Å². The normalized spacial score (nSPS) is 11.0. The number of ether oxygens (including phenoxy) is 1. The van der Waals surface area contributed by atoms with Gasteiger partial charge in [-0.3, -0.25) is 10.1 Å². The number of non-ortho nitro benzene ring substituents is 1. The van der Waals surface area contributed by atoms with Crippen molar-refractivity contribution in [1.82, 2.24) is 0 Å². The molecule has 0 aliphatic rings. The molecule has 0 aliphatic carbocycles. The second kappa shape index (κ2) is 7.18. The molecule has 0 radical (unpaired) electrons. The molecule has 0 saturated heterocycles. The first kappa shape index (κ1) is 18.2. The maximum absolute atomic E-state index is 12.1. The third kappa shape index (κ3) is 4.44. The quantitative estimate of drug-likeness (QED) is 0.557. The Hall–Kier alpha value is -3.14. The highest BCUT2D eigenvalue weighted by atomic mass is 32.2. The van der Waals surface area contributed by atoms with E-state index in [1.807, 2.05) is 0 Å². The molecule has 9 nitrogen and oxygen atoms in total. The SMILES string of the molecule is O=C(O)c1ccc(OCCS(=O)(=O)c2ccc([N+](=O)[O-])cc2)cc1O. The predicted octanol–water partition coefficient (Wildman–Crippen LogP) is 1.85. The summed E-state index contributed by atoms with van der Waals surface area (Å²) >= 11 is 0. The zero-order valence-electron chi connectivity index (χ0n) is 12.7. The Bertz CT molecular complexity index is 906. The summed E-state index contributed by atoms with van der Waals surface area (Å²) in [6.45, 7) is -0.245. The van der Waals surface area contributed by atoms with Crippen molar-refractivity contribution >= 4 is 21.5 Å². The largest absolute Gasteiger partial charge is 0.507 e. The molecule has 2 rings (SSSR count). The van der Waals surface area contributed by atoms with Gasteiger partial charge in [-0.15, -0.1) is 0 Å². The number of nitro groups is 1. The first-order chi connectivity index (χ1) is 11.7. The lowest BCUT2D eigenvalue weighted by Gasteiger charge is -2.08. The van der Waals surface area contributed by atoms with Crippen LogP contribution in [0, 0.1) is 10.1 Å². The van der Waals surface area contributed by atoms with Crippen LogP contribution < -0.4 is 4.74 Å². The fourth-order valence-electron chi connectivity index (χ4n) is 1.94. The summed E-state index contributed by atoms with van der Waals surface area (Å²) in [5, 5.41) is 28.9. The average Bonchev–Trinajstić information content (AvgIpc) is 2.54. The molecule has 0 bridgehead atoms. The van der Waals surface area contributed by atoms with Crippen LogP contribution in [0.3, 0.4) is 0 Å².